The van der Waals surface area contributed by atoms with Gasteiger partial charge in [0.15, 0.2) is 5.96 Å². The van der Waals surface area contributed by atoms with Crippen molar-refractivity contribution in [1.82, 2.24) is 20.4 Å². The molecule has 29 heavy (non-hydrogen) atoms. The number of para-hydroxylation sites is 1. The van der Waals surface area contributed by atoms with Crippen LogP contribution in [0.1, 0.15) is 50.2 Å². The third kappa shape index (κ3) is 6.10. The molecule has 2 atom stereocenters. The Balaban J connectivity index is 0.00000300. The van der Waals surface area contributed by atoms with Gasteiger partial charge in [0.2, 0.25) is 0 Å². The minimum Gasteiger partial charge on any atom is -0.487 e. The van der Waals surface area contributed by atoms with Crippen LogP contribution in [0.3, 0.4) is 0 Å². The average Bonchev–Trinajstić information content (AvgIpc) is 2.94. The van der Waals surface area contributed by atoms with Crippen molar-refractivity contribution in [2.45, 2.75) is 59.2 Å². The van der Waals surface area contributed by atoms with Crippen LogP contribution < -0.4 is 15.4 Å². The van der Waals surface area contributed by atoms with Crippen LogP contribution in [0.5, 0.6) is 5.75 Å². The van der Waals surface area contributed by atoms with Gasteiger partial charge < -0.3 is 15.4 Å². The van der Waals surface area contributed by atoms with Gasteiger partial charge in [0, 0.05) is 37.8 Å². The molecule has 160 valence electrons. The van der Waals surface area contributed by atoms with Crippen molar-refractivity contribution in [2.75, 3.05) is 13.6 Å². The van der Waals surface area contributed by atoms with Crippen molar-refractivity contribution in [3.8, 4) is 5.75 Å². The first-order chi connectivity index (χ1) is 13.3. The van der Waals surface area contributed by atoms with Crippen LogP contribution in [-0.2, 0) is 6.54 Å². The highest BCUT2D eigenvalue weighted by atomic mass is 127. The van der Waals surface area contributed by atoms with Crippen molar-refractivity contribution in [2.24, 2.45) is 10.9 Å². The molecule has 2 unspecified atom stereocenters. The number of benzene rings is 1. The van der Waals surface area contributed by atoms with Crippen molar-refractivity contribution in [3.05, 3.63) is 47.3 Å². The summed E-state index contributed by atoms with van der Waals surface area (Å²) >= 11 is 0. The van der Waals surface area contributed by atoms with Crippen LogP contribution in [0, 0.1) is 19.8 Å². The Morgan fingerprint density at radius 1 is 1.34 bits per heavy atom. The summed E-state index contributed by atoms with van der Waals surface area (Å²) in [5.74, 6) is 2.19. The molecule has 0 saturated carbocycles. The average molecular weight is 511 g/mol. The van der Waals surface area contributed by atoms with Gasteiger partial charge in [-0.25, -0.2) is 0 Å². The molecule has 1 aromatic heterocycles. The highest BCUT2D eigenvalue weighted by Crippen LogP contribution is 2.39. The van der Waals surface area contributed by atoms with Gasteiger partial charge >= 0.3 is 0 Å². The van der Waals surface area contributed by atoms with Crippen LogP contribution in [0.25, 0.3) is 0 Å². The predicted octanol–water partition coefficient (Wildman–Crippen LogP) is 4.22. The standard InChI is InChI=1S/C22H33N5O.HI/c1-15(14-27-17(3)11-16(2)26-27)13-24-21(23-6)25-19-12-22(4,5)28-20-10-8-7-9-18(19)20;/h7-11,15,19H,12-14H2,1-6H3,(H2,23,24,25);1H. The summed E-state index contributed by atoms with van der Waals surface area (Å²) in [6.07, 6.45) is 0.881. The summed E-state index contributed by atoms with van der Waals surface area (Å²) in [5, 5.41) is 11.6. The van der Waals surface area contributed by atoms with Crippen LogP contribution >= 0.6 is 24.0 Å². The number of fused-ring (bicyclic) bond motifs is 1. The molecule has 1 aliphatic heterocycles. The SMILES string of the molecule is CN=C(NCC(C)Cn1nc(C)cc1C)NC1CC(C)(C)Oc2ccccc21.I. The lowest BCUT2D eigenvalue weighted by Crippen LogP contribution is -2.46. The topological polar surface area (TPSA) is 63.5 Å². The van der Waals surface area contributed by atoms with E-state index in [1.165, 1.54) is 11.3 Å². The van der Waals surface area contributed by atoms with Gasteiger partial charge in [-0.1, -0.05) is 25.1 Å². The Morgan fingerprint density at radius 2 is 2.07 bits per heavy atom. The second-order valence-electron chi connectivity index (χ2n) is 8.47. The largest absolute Gasteiger partial charge is 0.487 e. The van der Waals surface area contributed by atoms with E-state index in [0.717, 1.165) is 36.9 Å². The third-order valence-electron chi connectivity index (χ3n) is 5.12. The fourth-order valence-corrected chi connectivity index (χ4v) is 3.78. The van der Waals surface area contributed by atoms with Gasteiger partial charge in [0.1, 0.15) is 11.4 Å². The number of aliphatic imine (C=N–C) groups is 1. The number of hydrogen-bond donors (Lipinski definition) is 2. The molecule has 2 N–H and O–H groups in total. The van der Waals surface area contributed by atoms with Crippen LogP contribution in [0.2, 0.25) is 0 Å². The molecule has 1 aliphatic rings. The minimum atomic E-state index is -0.215. The minimum absolute atomic E-state index is 0. The fraction of sp³-hybridized carbons (Fsp3) is 0.545. The summed E-state index contributed by atoms with van der Waals surface area (Å²) in [6.45, 7) is 12.3. The Morgan fingerprint density at radius 3 is 2.72 bits per heavy atom. The molecular weight excluding hydrogens is 477 g/mol. The van der Waals surface area contributed by atoms with E-state index >= 15 is 0 Å². The Kier molecular flexibility index (Phi) is 7.96. The van der Waals surface area contributed by atoms with Gasteiger partial charge in [-0.2, -0.15) is 5.10 Å². The number of rotatable bonds is 5. The molecule has 0 aliphatic carbocycles. The maximum Gasteiger partial charge on any atom is 0.191 e. The van der Waals surface area contributed by atoms with E-state index in [9.17, 15) is 0 Å². The molecule has 1 aromatic carbocycles. The Labute approximate surface area is 191 Å². The van der Waals surface area contributed by atoms with E-state index < -0.39 is 0 Å². The molecule has 7 heteroatoms. The molecular formula is C22H34IN5O. The lowest BCUT2D eigenvalue weighted by molar-refractivity contribution is 0.0694. The second kappa shape index (κ2) is 9.82. The molecule has 0 amide bonds. The van der Waals surface area contributed by atoms with E-state index in [1.54, 1.807) is 0 Å². The number of hydrogen-bond acceptors (Lipinski definition) is 3. The highest BCUT2D eigenvalue weighted by Gasteiger charge is 2.33. The van der Waals surface area contributed by atoms with Gasteiger partial charge in [0.05, 0.1) is 11.7 Å². The zero-order valence-corrected chi connectivity index (χ0v) is 20.7. The molecule has 3 rings (SSSR count). The number of halogens is 1. The van der Waals surface area contributed by atoms with E-state index in [4.69, 9.17) is 4.74 Å². The summed E-state index contributed by atoms with van der Waals surface area (Å²) < 4.78 is 8.21. The first kappa shape index (κ1) is 23.5. The van der Waals surface area contributed by atoms with Gasteiger partial charge in [-0.3, -0.25) is 9.67 Å². The third-order valence-corrected chi connectivity index (χ3v) is 5.12. The fourth-order valence-electron chi connectivity index (χ4n) is 3.78. The van der Waals surface area contributed by atoms with Gasteiger partial charge in [-0.05, 0) is 45.7 Å². The molecule has 2 aromatic rings. The van der Waals surface area contributed by atoms with Crippen LogP contribution in [0.4, 0.5) is 0 Å². The van der Waals surface area contributed by atoms with Crippen molar-refractivity contribution in [1.29, 1.82) is 0 Å². The molecule has 6 nitrogen and oxygen atoms in total. The van der Waals surface area contributed by atoms with Crippen molar-refractivity contribution < 1.29 is 4.74 Å². The lowest BCUT2D eigenvalue weighted by atomic mass is 9.90. The zero-order valence-electron chi connectivity index (χ0n) is 18.3. The van der Waals surface area contributed by atoms with Crippen LogP contribution in [0.15, 0.2) is 35.3 Å². The van der Waals surface area contributed by atoms with E-state index in [2.05, 4.69) is 71.3 Å². The first-order valence-corrected chi connectivity index (χ1v) is 10.0. The Hall–Kier alpha value is -1.77. The second-order valence-corrected chi connectivity index (χ2v) is 8.47. The van der Waals surface area contributed by atoms with E-state index in [1.807, 2.05) is 26.1 Å². The monoisotopic (exact) mass is 511 g/mol. The maximum absolute atomic E-state index is 6.13. The van der Waals surface area contributed by atoms with E-state index in [-0.39, 0.29) is 35.6 Å². The number of aromatic nitrogens is 2. The summed E-state index contributed by atoms with van der Waals surface area (Å²) in [4.78, 5) is 4.43. The molecule has 0 fully saturated rings. The number of guanidine groups is 1. The first-order valence-electron chi connectivity index (χ1n) is 10.0. The van der Waals surface area contributed by atoms with Gasteiger partial charge in [-0.15, -0.1) is 24.0 Å². The molecule has 2 heterocycles. The quantitative estimate of drug-likeness (QED) is 0.359. The Bertz CT molecular complexity index is 845. The smallest absolute Gasteiger partial charge is 0.191 e. The van der Waals surface area contributed by atoms with Crippen molar-refractivity contribution in [3.63, 3.8) is 0 Å². The number of nitrogens with zero attached hydrogens (tertiary/aromatic N) is 3. The number of ether oxygens (including phenoxy) is 1. The normalized spacial score (nSPS) is 18.8. The highest BCUT2D eigenvalue weighted by molar-refractivity contribution is 14.0. The molecule has 0 saturated heterocycles. The van der Waals surface area contributed by atoms with Crippen LogP contribution in [-0.4, -0.2) is 34.9 Å². The zero-order chi connectivity index (χ0) is 20.3. The van der Waals surface area contributed by atoms with Gasteiger partial charge in [0.25, 0.3) is 0 Å². The van der Waals surface area contributed by atoms with Crippen molar-refractivity contribution >= 4 is 29.9 Å². The predicted molar refractivity (Wildman–Crippen MR) is 129 cm³/mol. The summed E-state index contributed by atoms with van der Waals surface area (Å²) in [5.41, 5.74) is 3.23. The lowest BCUT2D eigenvalue weighted by Gasteiger charge is -2.38. The molecule has 0 bridgehead atoms. The molecule has 0 radical (unpaired) electrons. The summed E-state index contributed by atoms with van der Waals surface area (Å²) in [7, 11) is 1.82. The molecule has 0 spiro atoms. The number of nitrogens with one attached hydrogen (secondary N) is 2. The maximum atomic E-state index is 6.13. The summed E-state index contributed by atoms with van der Waals surface area (Å²) in [6, 6.07) is 10.5. The van der Waals surface area contributed by atoms with E-state index in [0.29, 0.717) is 5.92 Å². The number of aryl methyl sites for hydroxylation is 2.